The van der Waals surface area contributed by atoms with Gasteiger partial charge in [-0.3, -0.25) is 4.79 Å². The summed E-state index contributed by atoms with van der Waals surface area (Å²) in [6.45, 7) is 2.00. The summed E-state index contributed by atoms with van der Waals surface area (Å²) in [6, 6.07) is 7.85. The Balaban J connectivity index is 2.07. The fourth-order valence-corrected chi connectivity index (χ4v) is 2.45. The SMILES string of the molecule is Cc1ccccc1OC1CCCC(N)(C(N)=O)C1. The number of hydrogen-bond donors (Lipinski definition) is 2. The molecule has 0 aromatic heterocycles. The molecule has 0 radical (unpaired) electrons. The van der Waals surface area contributed by atoms with Gasteiger partial charge in [0.15, 0.2) is 0 Å². The molecular formula is C14H20N2O2. The third kappa shape index (κ3) is 2.64. The molecule has 0 aliphatic heterocycles. The minimum Gasteiger partial charge on any atom is -0.490 e. The Hall–Kier alpha value is -1.55. The Morgan fingerprint density at radius 2 is 2.17 bits per heavy atom. The van der Waals surface area contributed by atoms with E-state index in [1.54, 1.807) is 0 Å². The van der Waals surface area contributed by atoms with Gasteiger partial charge >= 0.3 is 0 Å². The molecule has 98 valence electrons. The number of aryl methyl sites for hydroxylation is 1. The summed E-state index contributed by atoms with van der Waals surface area (Å²) in [4.78, 5) is 11.4. The number of hydrogen-bond acceptors (Lipinski definition) is 3. The zero-order valence-electron chi connectivity index (χ0n) is 10.7. The second-order valence-corrected chi connectivity index (χ2v) is 5.12. The summed E-state index contributed by atoms with van der Waals surface area (Å²) in [6.07, 6.45) is 2.90. The molecule has 2 atom stereocenters. The number of carbonyl (C=O) groups excluding carboxylic acids is 1. The Morgan fingerprint density at radius 1 is 1.44 bits per heavy atom. The number of rotatable bonds is 3. The lowest BCUT2D eigenvalue weighted by Crippen LogP contribution is -2.56. The summed E-state index contributed by atoms with van der Waals surface area (Å²) in [7, 11) is 0. The van der Waals surface area contributed by atoms with E-state index in [1.165, 1.54) is 0 Å². The van der Waals surface area contributed by atoms with Crippen molar-refractivity contribution in [1.29, 1.82) is 0 Å². The second kappa shape index (κ2) is 4.98. The fourth-order valence-electron chi connectivity index (χ4n) is 2.45. The van der Waals surface area contributed by atoms with Crippen molar-refractivity contribution in [2.45, 2.75) is 44.2 Å². The van der Waals surface area contributed by atoms with Gasteiger partial charge in [-0.05, 0) is 37.8 Å². The van der Waals surface area contributed by atoms with Crippen LogP contribution in [0.3, 0.4) is 0 Å². The molecule has 1 aromatic rings. The lowest BCUT2D eigenvalue weighted by atomic mass is 9.80. The van der Waals surface area contributed by atoms with E-state index in [4.69, 9.17) is 16.2 Å². The Bertz CT molecular complexity index is 447. The van der Waals surface area contributed by atoms with E-state index < -0.39 is 11.4 Å². The monoisotopic (exact) mass is 248 g/mol. The van der Waals surface area contributed by atoms with Crippen LogP contribution in [0.4, 0.5) is 0 Å². The van der Waals surface area contributed by atoms with Crippen LogP contribution in [-0.2, 0) is 4.79 Å². The molecule has 1 aromatic carbocycles. The van der Waals surface area contributed by atoms with Gasteiger partial charge in [-0.2, -0.15) is 0 Å². The molecule has 1 saturated carbocycles. The first-order chi connectivity index (χ1) is 8.51. The summed E-state index contributed by atoms with van der Waals surface area (Å²) < 4.78 is 5.94. The molecule has 2 unspecified atom stereocenters. The summed E-state index contributed by atoms with van der Waals surface area (Å²) >= 11 is 0. The van der Waals surface area contributed by atoms with Crippen LogP contribution in [0.15, 0.2) is 24.3 Å². The van der Waals surface area contributed by atoms with Gasteiger partial charge in [0, 0.05) is 6.42 Å². The Morgan fingerprint density at radius 3 is 2.83 bits per heavy atom. The van der Waals surface area contributed by atoms with Crippen molar-refractivity contribution in [2.24, 2.45) is 11.5 Å². The van der Waals surface area contributed by atoms with Crippen molar-refractivity contribution in [2.75, 3.05) is 0 Å². The molecule has 1 aliphatic rings. The van der Waals surface area contributed by atoms with Crippen molar-refractivity contribution in [3.8, 4) is 5.75 Å². The van der Waals surface area contributed by atoms with E-state index in [0.717, 1.165) is 24.2 Å². The second-order valence-electron chi connectivity index (χ2n) is 5.12. The standard InChI is InChI=1S/C14H20N2O2/c1-10-5-2-3-7-12(10)18-11-6-4-8-14(16,9-11)13(15)17/h2-3,5,7,11H,4,6,8-9,16H2,1H3,(H2,15,17). The van der Waals surface area contributed by atoms with Gasteiger partial charge in [0.05, 0.1) is 5.54 Å². The summed E-state index contributed by atoms with van der Waals surface area (Å²) in [5.41, 5.74) is 11.6. The topological polar surface area (TPSA) is 78.3 Å². The lowest BCUT2D eigenvalue weighted by molar-refractivity contribution is -0.125. The minimum atomic E-state index is -0.911. The van der Waals surface area contributed by atoms with Crippen LogP contribution in [0.5, 0.6) is 5.75 Å². The van der Waals surface area contributed by atoms with Gasteiger partial charge in [0.25, 0.3) is 0 Å². The number of amides is 1. The number of benzene rings is 1. The molecule has 0 saturated heterocycles. The average Bonchev–Trinajstić information content (AvgIpc) is 2.32. The third-order valence-corrected chi connectivity index (χ3v) is 3.62. The predicted molar refractivity (Wildman–Crippen MR) is 70.2 cm³/mol. The van der Waals surface area contributed by atoms with Gasteiger partial charge in [0.2, 0.25) is 5.91 Å². The normalized spacial score (nSPS) is 27.8. The molecule has 0 spiro atoms. The Labute approximate surface area is 107 Å². The first-order valence-corrected chi connectivity index (χ1v) is 6.32. The first kappa shape index (κ1) is 12.9. The van der Waals surface area contributed by atoms with Crippen LogP contribution in [0.2, 0.25) is 0 Å². The zero-order chi connectivity index (χ0) is 13.2. The highest BCUT2D eigenvalue weighted by Crippen LogP contribution is 2.30. The van der Waals surface area contributed by atoms with E-state index >= 15 is 0 Å². The number of nitrogens with two attached hydrogens (primary N) is 2. The average molecular weight is 248 g/mol. The predicted octanol–water partition coefficient (Wildman–Crippen LogP) is 1.50. The first-order valence-electron chi connectivity index (χ1n) is 6.32. The van der Waals surface area contributed by atoms with Crippen LogP contribution in [0.25, 0.3) is 0 Å². The maximum absolute atomic E-state index is 11.4. The van der Waals surface area contributed by atoms with Crippen molar-refractivity contribution < 1.29 is 9.53 Å². The van der Waals surface area contributed by atoms with E-state index in [1.807, 2.05) is 31.2 Å². The molecule has 1 aliphatic carbocycles. The van der Waals surface area contributed by atoms with Gasteiger partial charge < -0.3 is 16.2 Å². The maximum Gasteiger partial charge on any atom is 0.237 e. The summed E-state index contributed by atoms with van der Waals surface area (Å²) in [5, 5.41) is 0. The molecule has 4 nitrogen and oxygen atoms in total. The minimum absolute atomic E-state index is 0.0302. The molecule has 18 heavy (non-hydrogen) atoms. The quantitative estimate of drug-likeness (QED) is 0.850. The number of carbonyl (C=O) groups is 1. The van der Waals surface area contributed by atoms with Crippen molar-refractivity contribution >= 4 is 5.91 Å². The molecule has 4 N–H and O–H groups in total. The van der Waals surface area contributed by atoms with E-state index in [2.05, 4.69) is 0 Å². The molecular weight excluding hydrogens is 228 g/mol. The summed E-state index contributed by atoms with van der Waals surface area (Å²) in [5.74, 6) is 0.428. The van der Waals surface area contributed by atoms with E-state index in [9.17, 15) is 4.79 Å². The molecule has 0 bridgehead atoms. The molecule has 1 fully saturated rings. The van der Waals surface area contributed by atoms with E-state index in [0.29, 0.717) is 12.8 Å². The molecule has 2 rings (SSSR count). The number of para-hydroxylation sites is 1. The van der Waals surface area contributed by atoms with E-state index in [-0.39, 0.29) is 6.10 Å². The highest BCUT2D eigenvalue weighted by Gasteiger charge is 2.38. The van der Waals surface area contributed by atoms with Crippen LogP contribution < -0.4 is 16.2 Å². The third-order valence-electron chi connectivity index (χ3n) is 3.62. The van der Waals surface area contributed by atoms with Crippen molar-refractivity contribution in [3.05, 3.63) is 29.8 Å². The molecule has 1 amide bonds. The largest absolute Gasteiger partial charge is 0.490 e. The smallest absolute Gasteiger partial charge is 0.237 e. The highest BCUT2D eigenvalue weighted by atomic mass is 16.5. The highest BCUT2D eigenvalue weighted by molar-refractivity contribution is 5.84. The fraction of sp³-hybridized carbons (Fsp3) is 0.500. The zero-order valence-corrected chi connectivity index (χ0v) is 10.7. The molecule has 0 heterocycles. The van der Waals surface area contributed by atoms with Crippen molar-refractivity contribution in [3.63, 3.8) is 0 Å². The van der Waals surface area contributed by atoms with Gasteiger partial charge in [0.1, 0.15) is 11.9 Å². The van der Waals surface area contributed by atoms with Crippen LogP contribution >= 0.6 is 0 Å². The van der Waals surface area contributed by atoms with Crippen LogP contribution in [0.1, 0.15) is 31.2 Å². The van der Waals surface area contributed by atoms with Gasteiger partial charge in [-0.15, -0.1) is 0 Å². The number of primary amides is 1. The van der Waals surface area contributed by atoms with Gasteiger partial charge in [-0.25, -0.2) is 0 Å². The molecule has 4 heteroatoms. The lowest BCUT2D eigenvalue weighted by Gasteiger charge is -2.35. The van der Waals surface area contributed by atoms with Crippen LogP contribution in [-0.4, -0.2) is 17.6 Å². The number of ether oxygens (including phenoxy) is 1. The van der Waals surface area contributed by atoms with Gasteiger partial charge in [-0.1, -0.05) is 18.2 Å². The Kier molecular flexibility index (Phi) is 3.57. The maximum atomic E-state index is 11.4. The van der Waals surface area contributed by atoms with Crippen LogP contribution in [0, 0.1) is 6.92 Å². The van der Waals surface area contributed by atoms with Crippen molar-refractivity contribution in [1.82, 2.24) is 0 Å².